The van der Waals surface area contributed by atoms with Crippen LogP contribution in [-0.4, -0.2) is 38.6 Å². The van der Waals surface area contributed by atoms with E-state index in [1.165, 1.54) is 6.20 Å². The predicted octanol–water partition coefficient (Wildman–Crippen LogP) is -0.326. The summed E-state index contributed by atoms with van der Waals surface area (Å²) in [5.74, 6) is 2.59. The smallest absolute Gasteiger partial charge is 0.351 e. The predicted molar refractivity (Wildman–Crippen MR) is 80.0 cm³/mol. The molecular weight excluding hydrogens is 396 g/mol. The molecule has 0 radical (unpaired) electrons. The molecule has 1 aromatic rings. The second-order valence-corrected chi connectivity index (χ2v) is 4.75. The topological polar surface area (TPSA) is 111 Å². The number of nitrogens with zero attached hydrogens (tertiary/aromatic N) is 2. The van der Waals surface area contributed by atoms with Crippen LogP contribution in [0.25, 0.3) is 0 Å². The van der Waals surface area contributed by atoms with Crippen LogP contribution in [0, 0.1) is 9.85 Å². The Bertz CT molecular complexity index is 694. The number of rotatable bonds is 2. The molecule has 1 aromatic heterocycles. The van der Waals surface area contributed by atoms with Crippen molar-refractivity contribution in [3.8, 4) is 9.85 Å². The Hall–Kier alpha value is -1.48. The molecule has 2 heterocycles. The fourth-order valence-electron chi connectivity index (χ4n) is 1.96. The summed E-state index contributed by atoms with van der Waals surface area (Å²) in [5.41, 5.74) is 4.88. The third kappa shape index (κ3) is 2.93. The van der Waals surface area contributed by atoms with E-state index in [4.69, 9.17) is 15.6 Å². The van der Waals surface area contributed by atoms with Crippen molar-refractivity contribution in [2.45, 2.75) is 18.4 Å². The molecule has 4 N–H and O–H groups in total. The molecule has 0 aromatic carbocycles. The van der Waals surface area contributed by atoms with Gasteiger partial charge in [0, 0.05) is 34.4 Å². The van der Waals surface area contributed by atoms with E-state index >= 15 is 0 Å². The van der Waals surface area contributed by atoms with E-state index in [9.17, 15) is 14.3 Å². The zero-order valence-corrected chi connectivity index (χ0v) is 12.7. The summed E-state index contributed by atoms with van der Waals surface area (Å²) in [4.78, 5) is 15.5. The number of aromatic nitrogens is 2. The molecule has 112 valence electrons. The minimum absolute atomic E-state index is 0.0524. The SMILES string of the molecule is Nc1nc(=O)n(C2OC(CO)C(O)/C2=C\F)cc1C#CI. The summed E-state index contributed by atoms with van der Waals surface area (Å²) in [6.45, 7) is -0.521. The first-order chi connectivity index (χ1) is 10.0. The molecule has 0 amide bonds. The molecule has 9 heteroatoms. The zero-order valence-electron chi connectivity index (χ0n) is 10.5. The van der Waals surface area contributed by atoms with Crippen molar-refractivity contribution in [3.05, 3.63) is 34.1 Å². The molecule has 1 aliphatic rings. The number of anilines is 1. The summed E-state index contributed by atoms with van der Waals surface area (Å²) in [6, 6.07) is 0. The lowest BCUT2D eigenvalue weighted by molar-refractivity contribution is -0.0447. The molecule has 3 unspecified atom stereocenters. The second-order valence-electron chi connectivity index (χ2n) is 4.21. The Morgan fingerprint density at radius 3 is 2.95 bits per heavy atom. The lowest BCUT2D eigenvalue weighted by Gasteiger charge is -2.15. The molecule has 0 aliphatic carbocycles. The van der Waals surface area contributed by atoms with Gasteiger partial charge in [-0.3, -0.25) is 4.57 Å². The average Bonchev–Trinajstić information content (AvgIpc) is 2.78. The number of ether oxygens (including phenoxy) is 1. The Labute approximate surface area is 132 Å². The molecule has 2 rings (SSSR count). The molecule has 0 bridgehead atoms. The van der Waals surface area contributed by atoms with Gasteiger partial charge in [0.15, 0.2) is 6.23 Å². The summed E-state index contributed by atoms with van der Waals surface area (Å²) >= 11 is 1.79. The van der Waals surface area contributed by atoms with Gasteiger partial charge in [-0.2, -0.15) is 4.98 Å². The number of aliphatic hydroxyl groups excluding tert-OH is 2. The fourth-order valence-corrected chi connectivity index (χ4v) is 2.25. The van der Waals surface area contributed by atoms with Crippen molar-refractivity contribution in [1.29, 1.82) is 0 Å². The van der Waals surface area contributed by atoms with Crippen LogP contribution in [-0.2, 0) is 4.74 Å². The van der Waals surface area contributed by atoms with Crippen LogP contribution in [0.5, 0.6) is 0 Å². The molecule has 0 spiro atoms. The number of aliphatic hydroxyl groups is 2. The van der Waals surface area contributed by atoms with Crippen LogP contribution >= 0.6 is 22.6 Å². The number of hydrogen-bond donors (Lipinski definition) is 3. The maximum Gasteiger partial charge on any atom is 0.351 e. The maximum absolute atomic E-state index is 13.0. The number of halogens is 2. The highest BCUT2D eigenvalue weighted by Crippen LogP contribution is 2.33. The fraction of sp³-hybridized carbons (Fsp3) is 0.333. The van der Waals surface area contributed by atoms with Crippen LogP contribution < -0.4 is 11.4 Å². The molecular formula is C12H11FIN3O4. The van der Waals surface area contributed by atoms with Crippen molar-refractivity contribution in [2.24, 2.45) is 0 Å². The lowest BCUT2D eigenvalue weighted by atomic mass is 10.1. The van der Waals surface area contributed by atoms with Crippen LogP contribution in [0.2, 0.25) is 0 Å². The molecule has 1 saturated heterocycles. The van der Waals surface area contributed by atoms with E-state index in [1.54, 1.807) is 22.6 Å². The second kappa shape index (κ2) is 6.52. The Morgan fingerprint density at radius 2 is 2.38 bits per heavy atom. The third-order valence-corrected chi connectivity index (χ3v) is 3.27. The highest BCUT2D eigenvalue weighted by molar-refractivity contribution is 14.1. The summed E-state index contributed by atoms with van der Waals surface area (Å²) in [6.07, 6.45) is -2.17. The monoisotopic (exact) mass is 407 g/mol. The Morgan fingerprint density at radius 1 is 1.67 bits per heavy atom. The van der Waals surface area contributed by atoms with Crippen molar-refractivity contribution < 1.29 is 19.3 Å². The van der Waals surface area contributed by atoms with Crippen molar-refractivity contribution in [1.82, 2.24) is 9.55 Å². The first-order valence-corrected chi connectivity index (χ1v) is 6.86. The Kier molecular flexibility index (Phi) is 4.94. The minimum atomic E-state index is -1.35. The first-order valence-electron chi connectivity index (χ1n) is 5.78. The molecule has 0 saturated carbocycles. The van der Waals surface area contributed by atoms with Gasteiger partial charge in [-0.05, 0) is 3.93 Å². The van der Waals surface area contributed by atoms with E-state index in [1.807, 2.05) is 0 Å². The summed E-state index contributed by atoms with van der Waals surface area (Å²) in [7, 11) is 0. The number of nitrogen functional groups attached to an aromatic ring is 1. The lowest BCUT2D eigenvalue weighted by Crippen LogP contribution is -2.29. The van der Waals surface area contributed by atoms with Gasteiger partial charge in [0.1, 0.15) is 18.0 Å². The van der Waals surface area contributed by atoms with Gasteiger partial charge >= 0.3 is 5.69 Å². The summed E-state index contributed by atoms with van der Waals surface area (Å²) < 4.78 is 21.8. The molecule has 7 nitrogen and oxygen atoms in total. The van der Waals surface area contributed by atoms with E-state index < -0.39 is 30.7 Å². The molecule has 3 atom stereocenters. The van der Waals surface area contributed by atoms with E-state index in [0.29, 0.717) is 0 Å². The van der Waals surface area contributed by atoms with Crippen molar-refractivity contribution >= 4 is 28.4 Å². The summed E-state index contributed by atoms with van der Waals surface area (Å²) in [5, 5.41) is 18.9. The van der Waals surface area contributed by atoms with Crippen LogP contribution in [0.15, 0.2) is 22.9 Å². The van der Waals surface area contributed by atoms with Gasteiger partial charge in [0.25, 0.3) is 0 Å². The highest BCUT2D eigenvalue weighted by Gasteiger charge is 2.40. The quantitative estimate of drug-likeness (QED) is 0.458. The van der Waals surface area contributed by atoms with Crippen LogP contribution in [0.1, 0.15) is 11.8 Å². The number of nitrogens with two attached hydrogens (primary N) is 1. The van der Waals surface area contributed by atoms with Crippen molar-refractivity contribution in [3.63, 3.8) is 0 Å². The average molecular weight is 407 g/mol. The Balaban J connectivity index is 2.53. The van der Waals surface area contributed by atoms with Gasteiger partial charge in [-0.15, -0.1) is 0 Å². The zero-order chi connectivity index (χ0) is 15.6. The third-order valence-electron chi connectivity index (χ3n) is 3.00. The van der Waals surface area contributed by atoms with Crippen LogP contribution in [0.3, 0.4) is 0 Å². The number of hydrogen-bond acceptors (Lipinski definition) is 6. The van der Waals surface area contributed by atoms with Gasteiger partial charge in [-0.25, -0.2) is 9.18 Å². The van der Waals surface area contributed by atoms with Gasteiger partial charge in [0.05, 0.1) is 18.5 Å². The van der Waals surface area contributed by atoms with Gasteiger partial charge in [0.2, 0.25) is 0 Å². The highest BCUT2D eigenvalue weighted by atomic mass is 127. The van der Waals surface area contributed by atoms with Crippen LogP contribution in [0.4, 0.5) is 10.2 Å². The molecule has 1 fully saturated rings. The van der Waals surface area contributed by atoms with Crippen molar-refractivity contribution in [2.75, 3.05) is 12.3 Å². The minimum Gasteiger partial charge on any atom is -0.394 e. The largest absolute Gasteiger partial charge is 0.394 e. The standard InChI is InChI=1S/C12H11FIN3O4/c13-3-7-9(19)8(5-18)21-11(7)17-4-6(1-2-14)10(15)16-12(17)20/h3-4,8-9,11,18-19H,5H2,(H2,15,16,20)/b7-3+. The van der Waals surface area contributed by atoms with Gasteiger partial charge in [-0.1, -0.05) is 5.92 Å². The maximum atomic E-state index is 13.0. The normalized spacial score (nSPS) is 26.7. The van der Waals surface area contributed by atoms with E-state index in [0.717, 1.165) is 4.57 Å². The van der Waals surface area contributed by atoms with E-state index in [2.05, 4.69) is 14.8 Å². The van der Waals surface area contributed by atoms with E-state index in [-0.39, 0.29) is 23.3 Å². The first kappa shape index (κ1) is 15.9. The molecule has 1 aliphatic heterocycles. The van der Waals surface area contributed by atoms with Gasteiger partial charge < -0.3 is 20.7 Å². The molecule has 21 heavy (non-hydrogen) atoms.